The Morgan fingerprint density at radius 1 is 1.11 bits per heavy atom. The second kappa shape index (κ2) is 7.48. The molecule has 102 valence electrons. The van der Waals surface area contributed by atoms with E-state index in [9.17, 15) is 10.1 Å². The zero-order valence-corrected chi connectivity index (χ0v) is 12.8. The Labute approximate surface area is 119 Å². The number of quaternary nitrogens is 1. The maximum absolute atomic E-state index is 11.0. The van der Waals surface area contributed by atoms with E-state index in [4.69, 9.17) is 0 Å². The summed E-state index contributed by atoms with van der Waals surface area (Å²) in [7, 11) is 0. The van der Waals surface area contributed by atoms with Crippen molar-refractivity contribution in [1.29, 1.82) is 0 Å². The lowest BCUT2D eigenvalue weighted by Gasteiger charge is -2.35. The smallest absolute Gasteiger partial charge is 0.278 e. The molecule has 5 heteroatoms. The van der Waals surface area contributed by atoms with Crippen molar-refractivity contribution >= 4 is 5.69 Å². The van der Waals surface area contributed by atoms with Crippen LogP contribution in [0.25, 0.3) is 0 Å². The number of nitro benzene ring substituents is 1. The molecule has 0 N–H and O–H groups in total. The molecule has 18 heavy (non-hydrogen) atoms. The van der Waals surface area contributed by atoms with Gasteiger partial charge in [-0.3, -0.25) is 10.1 Å². The standard InChI is InChI=1S/C13H21N2O2.BrH/c1-4-15(5-2,6-3)11-12-9-7-8-10-13(12)14(16)17;/h7-10H,4-6,11H2,1-3H3;1H/q+1;/p-1. The van der Waals surface area contributed by atoms with Gasteiger partial charge in [0.2, 0.25) is 0 Å². The maximum atomic E-state index is 11.0. The molecule has 0 aliphatic rings. The van der Waals surface area contributed by atoms with Gasteiger partial charge in [0, 0.05) is 6.07 Å². The molecule has 0 heterocycles. The number of benzene rings is 1. The van der Waals surface area contributed by atoms with Gasteiger partial charge in [-0.1, -0.05) is 12.1 Å². The van der Waals surface area contributed by atoms with E-state index >= 15 is 0 Å². The van der Waals surface area contributed by atoms with Crippen LogP contribution >= 0.6 is 0 Å². The van der Waals surface area contributed by atoms with Crippen LogP contribution < -0.4 is 17.0 Å². The number of para-hydroxylation sites is 1. The summed E-state index contributed by atoms with van der Waals surface area (Å²) in [5.41, 5.74) is 1.08. The highest BCUT2D eigenvalue weighted by Gasteiger charge is 2.25. The molecule has 0 saturated carbocycles. The van der Waals surface area contributed by atoms with Crippen molar-refractivity contribution < 1.29 is 26.4 Å². The first-order chi connectivity index (χ1) is 8.08. The van der Waals surface area contributed by atoms with Crippen molar-refractivity contribution in [2.24, 2.45) is 0 Å². The minimum absolute atomic E-state index is 0. The van der Waals surface area contributed by atoms with E-state index in [2.05, 4.69) is 20.8 Å². The first kappa shape index (κ1) is 17.1. The van der Waals surface area contributed by atoms with Crippen LogP contribution in [0.15, 0.2) is 24.3 Å². The molecule has 0 atom stereocenters. The molecule has 1 aromatic carbocycles. The molecular formula is C13H21BrN2O2. The largest absolute Gasteiger partial charge is 1.00 e. The van der Waals surface area contributed by atoms with Crippen LogP contribution in [-0.2, 0) is 6.54 Å². The molecule has 0 saturated heterocycles. The van der Waals surface area contributed by atoms with Crippen LogP contribution in [0.5, 0.6) is 0 Å². The Morgan fingerprint density at radius 3 is 2.06 bits per heavy atom. The molecule has 0 spiro atoms. The van der Waals surface area contributed by atoms with E-state index in [1.54, 1.807) is 12.1 Å². The minimum atomic E-state index is -0.287. The number of nitro groups is 1. The predicted octanol–water partition coefficient (Wildman–Crippen LogP) is -0.0247. The van der Waals surface area contributed by atoms with Gasteiger partial charge in [0.25, 0.3) is 5.69 Å². The third-order valence-corrected chi connectivity index (χ3v) is 3.71. The lowest BCUT2D eigenvalue weighted by atomic mass is 10.1. The molecule has 0 unspecified atom stereocenters. The van der Waals surface area contributed by atoms with Crippen molar-refractivity contribution in [2.75, 3.05) is 19.6 Å². The summed E-state index contributed by atoms with van der Waals surface area (Å²) < 4.78 is 0.894. The van der Waals surface area contributed by atoms with Gasteiger partial charge >= 0.3 is 0 Å². The summed E-state index contributed by atoms with van der Waals surface area (Å²) in [6, 6.07) is 7.05. The predicted molar refractivity (Wildman–Crippen MR) is 68.7 cm³/mol. The van der Waals surface area contributed by atoms with Crippen molar-refractivity contribution in [3.05, 3.63) is 39.9 Å². The molecule has 0 amide bonds. The van der Waals surface area contributed by atoms with E-state index in [0.29, 0.717) is 0 Å². The van der Waals surface area contributed by atoms with Crippen molar-refractivity contribution in [2.45, 2.75) is 27.3 Å². The molecule has 0 aliphatic heterocycles. The lowest BCUT2D eigenvalue weighted by Crippen LogP contribution is -3.00. The van der Waals surface area contributed by atoms with Gasteiger partial charge in [0.15, 0.2) is 0 Å². The maximum Gasteiger partial charge on any atom is 0.278 e. The van der Waals surface area contributed by atoms with Crippen molar-refractivity contribution in [3.8, 4) is 0 Å². The zero-order valence-electron chi connectivity index (χ0n) is 11.2. The fourth-order valence-corrected chi connectivity index (χ4v) is 2.19. The van der Waals surface area contributed by atoms with Gasteiger partial charge in [-0.15, -0.1) is 0 Å². The first-order valence-corrected chi connectivity index (χ1v) is 6.16. The van der Waals surface area contributed by atoms with Gasteiger partial charge in [0.05, 0.1) is 30.1 Å². The highest BCUT2D eigenvalue weighted by atomic mass is 79.9. The summed E-state index contributed by atoms with van der Waals surface area (Å²) in [5, 5.41) is 11.0. The number of hydrogen-bond donors (Lipinski definition) is 0. The van der Waals surface area contributed by atoms with Crippen LogP contribution in [0, 0.1) is 10.1 Å². The molecular weight excluding hydrogens is 296 g/mol. The van der Waals surface area contributed by atoms with Crippen LogP contribution in [0.2, 0.25) is 0 Å². The molecule has 0 bridgehead atoms. The lowest BCUT2D eigenvalue weighted by molar-refractivity contribution is -0.936. The third kappa shape index (κ3) is 3.78. The molecule has 0 fully saturated rings. The summed E-state index contributed by atoms with van der Waals surface area (Å²) in [6.45, 7) is 10.2. The first-order valence-electron chi connectivity index (χ1n) is 6.16. The minimum Gasteiger partial charge on any atom is -1.00 e. The SMILES string of the molecule is CC[N+](CC)(CC)Cc1ccccc1[N+](=O)[O-].[Br-]. The number of halogens is 1. The Kier molecular flexibility index (Phi) is 7.09. The van der Waals surface area contributed by atoms with Crippen LogP contribution in [0.3, 0.4) is 0 Å². The molecule has 0 aliphatic carbocycles. The van der Waals surface area contributed by atoms with Crippen LogP contribution in [0.1, 0.15) is 26.3 Å². The molecule has 0 radical (unpaired) electrons. The number of hydrogen-bond acceptors (Lipinski definition) is 2. The van der Waals surface area contributed by atoms with E-state index in [1.807, 2.05) is 12.1 Å². The molecule has 4 nitrogen and oxygen atoms in total. The fourth-order valence-electron chi connectivity index (χ4n) is 2.19. The number of rotatable bonds is 6. The summed E-state index contributed by atoms with van der Waals surface area (Å²) >= 11 is 0. The van der Waals surface area contributed by atoms with Gasteiger partial charge < -0.3 is 21.5 Å². The summed E-state index contributed by atoms with van der Waals surface area (Å²) in [5.74, 6) is 0. The van der Waals surface area contributed by atoms with Gasteiger partial charge in [0.1, 0.15) is 6.54 Å². The molecule has 1 rings (SSSR count). The van der Waals surface area contributed by atoms with Crippen molar-refractivity contribution in [3.63, 3.8) is 0 Å². The summed E-state index contributed by atoms with van der Waals surface area (Å²) in [6.07, 6.45) is 0. The average Bonchev–Trinajstić information content (AvgIpc) is 2.36. The van der Waals surface area contributed by atoms with Crippen LogP contribution in [-0.4, -0.2) is 29.0 Å². The van der Waals surface area contributed by atoms with E-state index in [0.717, 1.165) is 36.2 Å². The third-order valence-electron chi connectivity index (χ3n) is 3.71. The molecule has 0 aromatic heterocycles. The van der Waals surface area contributed by atoms with E-state index in [-0.39, 0.29) is 27.6 Å². The highest BCUT2D eigenvalue weighted by molar-refractivity contribution is 5.39. The topological polar surface area (TPSA) is 43.1 Å². The zero-order chi connectivity index (χ0) is 12.9. The normalized spacial score (nSPS) is 10.8. The second-order valence-electron chi connectivity index (χ2n) is 4.33. The van der Waals surface area contributed by atoms with Gasteiger partial charge in [-0.05, 0) is 26.8 Å². The van der Waals surface area contributed by atoms with E-state index in [1.165, 1.54) is 0 Å². The van der Waals surface area contributed by atoms with Gasteiger partial charge in [-0.2, -0.15) is 0 Å². The van der Waals surface area contributed by atoms with Crippen molar-refractivity contribution in [1.82, 2.24) is 0 Å². The second-order valence-corrected chi connectivity index (χ2v) is 4.33. The Balaban J connectivity index is 0.00000289. The monoisotopic (exact) mass is 316 g/mol. The van der Waals surface area contributed by atoms with Crippen LogP contribution in [0.4, 0.5) is 5.69 Å². The quantitative estimate of drug-likeness (QED) is 0.420. The highest BCUT2D eigenvalue weighted by Crippen LogP contribution is 2.23. The Bertz CT molecular complexity index is 384. The fraction of sp³-hybridized carbons (Fsp3) is 0.538. The Morgan fingerprint density at radius 2 is 1.61 bits per heavy atom. The number of nitrogens with zero attached hydrogens (tertiary/aromatic N) is 2. The molecule has 1 aromatic rings. The Hall–Kier alpha value is -0.940. The van der Waals surface area contributed by atoms with E-state index < -0.39 is 0 Å². The average molecular weight is 317 g/mol. The van der Waals surface area contributed by atoms with Gasteiger partial charge in [-0.25, -0.2) is 0 Å². The summed E-state index contributed by atoms with van der Waals surface area (Å²) in [4.78, 5) is 10.7.